The standard InChI is InChI=1S/C40H40N12O8S2.2Na.2H/c53-61(54,55)33-25-31(43-37-45-35(41-29-7-3-1-4-8-29)47-39(49-37)51-17-21-59-22-18-51)15-13-27(33)11-12-28-14-16-32(26-34(28)62(56,57)58)44-38-46-36(42-30-9-5-2-6-10-30)48-40(50-38)52-19-23-60-24-20-52;;;;/h1-16,25-26H,17-24H2,(H,53,54,55)(H,56,57,58)(H2,41,43,45,47,49)(H2,42,44,46,48,50);;;;/b12-11+;;;;. The van der Waals surface area contributed by atoms with Gasteiger partial charge in [0, 0.05) is 48.9 Å². The Hall–Kier alpha value is -4.82. The number of nitrogens with one attached hydrogen (secondary N) is 4. The summed E-state index contributed by atoms with van der Waals surface area (Å²) in [5.74, 6) is 1.38. The van der Waals surface area contributed by atoms with Crippen LogP contribution in [0.4, 0.5) is 58.4 Å². The fraction of sp³-hybridized carbons (Fsp3) is 0.200. The Morgan fingerprint density at radius 1 is 0.469 bits per heavy atom. The quantitative estimate of drug-likeness (QED) is 0.0511. The number of anilines is 10. The summed E-state index contributed by atoms with van der Waals surface area (Å²) >= 11 is 0. The van der Waals surface area contributed by atoms with Crippen LogP contribution in [0.15, 0.2) is 107 Å². The van der Waals surface area contributed by atoms with Crippen molar-refractivity contribution >= 4 is 150 Å². The Labute approximate surface area is 413 Å². The van der Waals surface area contributed by atoms with Gasteiger partial charge in [-0.15, -0.1) is 0 Å². The fourth-order valence-electron chi connectivity index (χ4n) is 6.45. The summed E-state index contributed by atoms with van der Waals surface area (Å²) < 4.78 is 82.5. The van der Waals surface area contributed by atoms with Gasteiger partial charge in [-0.1, -0.05) is 60.7 Å². The van der Waals surface area contributed by atoms with Crippen molar-refractivity contribution in [1.82, 2.24) is 29.9 Å². The molecule has 64 heavy (non-hydrogen) atoms. The Morgan fingerprint density at radius 2 is 0.797 bits per heavy atom. The summed E-state index contributed by atoms with van der Waals surface area (Å²) in [4.78, 5) is 30.1. The van der Waals surface area contributed by atoms with E-state index in [-0.39, 0.29) is 105 Å². The van der Waals surface area contributed by atoms with Crippen LogP contribution in [-0.4, -0.2) is 168 Å². The van der Waals surface area contributed by atoms with Gasteiger partial charge in [-0.05, 0) is 59.7 Å². The van der Waals surface area contributed by atoms with Crippen LogP contribution >= 0.6 is 0 Å². The van der Waals surface area contributed by atoms with Crippen LogP contribution in [0.5, 0.6) is 0 Å². The minimum atomic E-state index is -4.83. The predicted octanol–water partition coefficient (Wildman–Crippen LogP) is 4.07. The molecule has 0 spiro atoms. The average Bonchev–Trinajstić information content (AvgIpc) is 3.27. The van der Waals surface area contributed by atoms with Crippen LogP contribution in [0.2, 0.25) is 0 Å². The van der Waals surface area contributed by atoms with E-state index in [2.05, 4.69) is 51.2 Å². The van der Waals surface area contributed by atoms with Crippen molar-refractivity contribution in [3.8, 4) is 0 Å². The van der Waals surface area contributed by atoms with Gasteiger partial charge in [-0.2, -0.15) is 46.7 Å². The number of aromatic nitrogens is 6. The molecule has 2 fully saturated rings. The summed E-state index contributed by atoms with van der Waals surface area (Å²) in [6.45, 7) is 4.13. The SMILES string of the molecule is O=S(=O)(O)c1cc(Nc2nc(Nc3ccccc3)nc(N3CCOCC3)n2)ccc1/C=C/c1ccc(Nc2nc(Nc3ccccc3)nc(N3CCOCC3)n2)cc1S(=O)(=O)O.[NaH].[NaH]. The first kappa shape index (κ1) is 48.6. The molecule has 0 amide bonds. The van der Waals surface area contributed by atoms with Crippen molar-refractivity contribution in [3.63, 3.8) is 0 Å². The molecule has 4 aromatic carbocycles. The average molecular weight is 929 g/mol. The second-order valence-corrected chi connectivity index (χ2v) is 16.6. The summed E-state index contributed by atoms with van der Waals surface area (Å²) in [5, 5.41) is 12.3. The van der Waals surface area contributed by atoms with Gasteiger partial charge in [-0.25, -0.2) is 0 Å². The molecule has 2 aliphatic rings. The summed E-state index contributed by atoms with van der Waals surface area (Å²) in [6.07, 6.45) is 2.60. The zero-order valence-electron chi connectivity index (χ0n) is 32.8. The maximum atomic E-state index is 12.7. The normalized spacial score (nSPS) is 14.3. The van der Waals surface area contributed by atoms with Gasteiger partial charge in [0.1, 0.15) is 9.79 Å². The van der Waals surface area contributed by atoms with Crippen LogP contribution in [0.1, 0.15) is 11.1 Å². The molecule has 6 N–H and O–H groups in total. The van der Waals surface area contributed by atoms with E-state index >= 15 is 0 Å². The van der Waals surface area contributed by atoms with E-state index in [4.69, 9.17) is 9.47 Å². The Balaban J connectivity index is 0.00000340. The monoisotopic (exact) mass is 928 g/mol. The third-order valence-electron chi connectivity index (χ3n) is 9.43. The molecule has 2 aliphatic heterocycles. The number of ether oxygens (including phenoxy) is 2. The van der Waals surface area contributed by atoms with Crippen LogP contribution in [-0.2, 0) is 29.7 Å². The van der Waals surface area contributed by atoms with Crippen molar-refractivity contribution in [1.29, 1.82) is 0 Å². The molecule has 0 unspecified atom stereocenters. The minimum absolute atomic E-state index is 0. The molecule has 2 aromatic heterocycles. The number of hydrogen-bond donors (Lipinski definition) is 6. The molecule has 8 rings (SSSR count). The first-order valence-corrected chi connectivity index (χ1v) is 22.1. The third-order valence-corrected chi connectivity index (χ3v) is 11.3. The van der Waals surface area contributed by atoms with E-state index in [0.29, 0.717) is 64.5 Å². The number of nitrogens with zero attached hydrogens (tertiary/aromatic N) is 8. The molecule has 0 bridgehead atoms. The van der Waals surface area contributed by atoms with Crippen LogP contribution in [0, 0.1) is 0 Å². The number of rotatable bonds is 14. The number of benzene rings is 4. The van der Waals surface area contributed by atoms with Crippen molar-refractivity contribution in [2.45, 2.75) is 9.79 Å². The second kappa shape index (κ2) is 21.9. The number of para-hydroxylation sites is 2. The van der Waals surface area contributed by atoms with E-state index in [1.807, 2.05) is 70.5 Å². The van der Waals surface area contributed by atoms with E-state index in [1.165, 1.54) is 48.6 Å². The van der Waals surface area contributed by atoms with Gasteiger partial charge < -0.3 is 40.5 Å². The Bertz CT molecular complexity index is 2620. The van der Waals surface area contributed by atoms with Gasteiger partial charge in [-0.3, -0.25) is 9.11 Å². The maximum absolute atomic E-state index is 12.7. The molecule has 0 saturated carbocycles. The van der Waals surface area contributed by atoms with E-state index in [0.717, 1.165) is 11.4 Å². The van der Waals surface area contributed by atoms with Crippen LogP contribution in [0.3, 0.4) is 0 Å². The van der Waals surface area contributed by atoms with Gasteiger partial charge in [0.15, 0.2) is 0 Å². The fourth-order valence-corrected chi connectivity index (χ4v) is 7.87. The van der Waals surface area contributed by atoms with E-state index in [9.17, 15) is 25.9 Å². The van der Waals surface area contributed by atoms with Gasteiger partial charge in [0.05, 0.1) is 26.4 Å². The first-order valence-electron chi connectivity index (χ1n) is 19.2. The molecule has 0 atom stereocenters. The molecule has 24 heteroatoms. The number of morpholine rings is 2. The van der Waals surface area contributed by atoms with Crippen molar-refractivity contribution in [3.05, 3.63) is 108 Å². The van der Waals surface area contributed by atoms with Crippen molar-refractivity contribution in [2.75, 3.05) is 83.7 Å². The zero-order valence-corrected chi connectivity index (χ0v) is 34.4. The molecule has 4 heterocycles. The molecule has 324 valence electrons. The van der Waals surface area contributed by atoms with E-state index in [1.54, 1.807) is 0 Å². The summed E-state index contributed by atoms with van der Waals surface area (Å²) in [6, 6.07) is 26.8. The second-order valence-electron chi connectivity index (χ2n) is 13.8. The van der Waals surface area contributed by atoms with Gasteiger partial charge >= 0.3 is 59.1 Å². The summed E-state index contributed by atoms with van der Waals surface area (Å²) in [5.41, 5.74) is 1.92. The molecule has 0 aliphatic carbocycles. The molecular formula is C40H42N12Na2O8S2. The van der Waals surface area contributed by atoms with E-state index < -0.39 is 30.0 Å². The van der Waals surface area contributed by atoms with Crippen molar-refractivity contribution in [2.24, 2.45) is 0 Å². The molecular weight excluding hydrogens is 887 g/mol. The predicted molar refractivity (Wildman–Crippen MR) is 247 cm³/mol. The Kier molecular flexibility index (Phi) is 16.6. The molecule has 20 nitrogen and oxygen atoms in total. The van der Waals surface area contributed by atoms with Crippen LogP contribution < -0.4 is 31.1 Å². The van der Waals surface area contributed by atoms with Crippen molar-refractivity contribution < 1.29 is 35.4 Å². The topological polar surface area (TPSA) is 259 Å². The third kappa shape index (κ3) is 12.9. The zero-order chi connectivity index (χ0) is 43.1. The first-order chi connectivity index (χ1) is 29.9. The van der Waals surface area contributed by atoms with Gasteiger partial charge in [0.2, 0.25) is 35.7 Å². The number of hydrogen-bond acceptors (Lipinski definition) is 18. The van der Waals surface area contributed by atoms with Gasteiger partial charge in [0.25, 0.3) is 20.2 Å². The Morgan fingerprint density at radius 3 is 1.12 bits per heavy atom. The van der Waals surface area contributed by atoms with Crippen LogP contribution in [0.25, 0.3) is 12.2 Å². The molecule has 6 aromatic rings. The molecule has 0 radical (unpaired) electrons. The summed E-state index contributed by atoms with van der Waals surface area (Å²) in [7, 11) is -9.67. The molecule has 2 saturated heterocycles.